The lowest BCUT2D eigenvalue weighted by atomic mass is 9.78. The van der Waals surface area contributed by atoms with E-state index in [1.54, 1.807) is 41.3 Å². The van der Waals surface area contributed by atoms with E-state index in [9.17, 15) is 9.59 Å². The van der Waals surface area contributed by atoms with Crippen LogP contribution in [0.25, 0.3) is 5.13 Å². The van der Waals surface area contributed by atoms with Gasteiger partial charge in [-0.2, -0.15) is 5.10 Å². The number of hydrogen-bond acceptors (Lipinski definition) is 7. The minimum absolute atomic E-state index is 0.196. The molecule has 1 fully saturated rings. The van der Waals surface area contributed by atoms with Crippen LogP contribution in [-0.2, 0) is 11.3 Å². The summed E-state index contributed by atoms with van der Waals surface area (Å²) >= 11 is 1.36. The molecule has 0 aliphatic heterocycles. The number of hydrogen-bond donors (Lipinski definition) is 1. The first-order chi connectivity index (χ1) is 19.8. The van der Waals surface area contributed by atoms with Gasteiger partial charge in [-0.05, 0) is 74.7 Å². The van der Waals surface area contributed by atoms with Crippen LogP contribution in [-0.4, -0.2) is 51.2 Å². The number of anilines is 1. The van der Waals surface area contributed by atoms with E-state index in [4.69, 9.17) is 14.5 Å². The normalized spacial score (nSPS) is 14.3. The highest BCUT2D eigenvalue weighted by atomic mass is 32.1. The molecule has 2 amide bonds. The second-order valence-electron chi connectivity index (χ2n) is 10.4. The van der Waals surface area contributed by atoms with Crippen molar-refractivity contribution in [3.05, 3.63) is 82.6 Å². The molecular weight excluding hydrogens is 538 g/mol. The molecule has 0 unspecified atom stereocenters. The van der Waals surface area contributed by atoms with Gasteiger partial charge in [0.25, 0.3) is 5.91 Å². The molecule has 0 atom stereocenters. The van der Waals surface area contributed by atoms with E-state index in [1.165, 1.54) is 11.3 Å². The number of amides is 2. The summed E-state index contributed by atoms with van der Waals surface area (Å²) in [5.41, 5.74) is 2.62. The number of nitrogens with one attached hydrogen (secondary N) is 1. The Kier molecular flexibility index (Phi) is 8.39. The number of methoxy groups -OCH3 is 2. The fourth-order valence-corrected chi connectivity index (χ4v) is 6.24. The Morgan fingerprint density at radius 2 is 1.61 bits per heavy atom. The molecule has 1 N–H and O–H groups in total. The first kappa shape index (κ1) is 28.4. The van der Waals surface area contributed by atoms with Gasteiger partial charge in [-0.3, -0.25) is 9.59 Å². The summed E-state index contributed by atoms with van der Waals surface area (Å²) in [4.78, 5) is 35.0. The highest BCUT2D eigenvalue weighted by molar-refractivity contribution is 7.12. The number of benzene rings is 2. The molecule has 1 saturated carbocycles. The maximum atomic E-state index is 14.4. The highest BCUT2D eigenvalue weighted by Crippen LogP contribution is 2.38. The van der Waals surface area contributed by atoms with Crippen molar-refractivity contribution < 1.29 is 19.1 Å². The minimum Gasteiger partial charge on any atom is -0.497 e. The molecular formula is C31H35N5O4S. The quantitative estimate of drug-likeness (QED) is 0.266. The summed E-state index contributed by atoms with van der Waals surface area (Å²) in [7, 11) is 3.22. The first-order valence-electron chi connectivity index (χ1n) is 13.7. The molecule has 5 rings (SSSR count). The van der Waals surface area contributed by atoms with Crippen molar-refractivity contribution in [2.75, 3.05) is 19.5 Å². The smallest absolute Gasteiger partial charge is 0.274 e. The summed E-state index contributed by atoms with van der Waals surface area (Å²) in [5.74, 6) is 0.953. The van der Waals surface area contributed by atoms with Crippen LogP contribution in [0.2, 0.25) is 0 Å². The van der Waals surface area contributed by atoms with Gasteiger partial charge in [-0.1, -0.05) is 31.4 Å². The Bertz CT molecular complexity index is 1500. The van der Waals surface area contributed by atoms with E-state index in [0.717, 1.165) is 42.0 Å². The number of aromatic nitrogens is 3. The Labute approximate surface area is 244 Å². The number of rotatable bonds is 9. The Hall–Kier alpha value is -4.18. The van der Waals surface area contributed by atoms with Crippen LogP contribution in [0, 0.1) is 13.8 Å². The van der Waals surface area contributed by atoms with Crippen LogP contribution < -0.4 is 14.8 Å². The fourth-order valence-electron chi connectivity index (χ4n) is 5.43. The predicted octanol–water partition coefficient (Wildman–Crippen LogP) is 5.95. The van der Waals surface area contributed by atoms with E-state index in [0.29, 0.717) is 35.1 Å². The highest BCUT2D eigenvalue weighted by Gasteiger charge is 2.47. The van der Waals surface area contributed by atoms with E-state index in [-0.39, 0.29) is 18.4 Å². The zero-order valence-electron chi connectivity index (χ0n) is 23.8. The van der Waals surface area contributed by atoms with Gasteiger partial charge in [0.2, 0.25) is 11.0 Å². The number of nitrogens with zero attached hydrogens (tertiary/aromatic N) is 4. The van der Waals surface area contributed by atoms with Gasteiger partial charge in [0, 0.05) is 23.3 Å². The van der Waals surface area contributed by atoms with Crippen molar-refractivity contribution in [1.29, 1.82) is 0 Å². The van der Waals surface area contributed by atoms with Crippen molar-refractivity contribution in [1.82, 2.24) is 19.7 Å². The summed E-state index contributed by atoms with van der Waals surface area (Å²) in [6, 6.07) is 16.8. The third kappa shape index (κ3) is 5.97. The average Bonchev–Trinajstić information content (AvgIpc) is 3.62. The van der Waals surface area contributed by atoms with Gasteiger partial charge in [0.1, 0.15) is 22.7 Å². The summed E-state index contributed by atoms with van der Waals surface area (Å²) < 4.78 is 12.3. The van der Waals surface area contributed by atoms with Crippen LogP contribution in [0.3, 0.4) is 0 Å². The van der Waals surface area contributed by atoms with Crippen molar-refractivity contribution in [3.63, 3.8) is 0 Å². The largest absolute Gasteiger partial charge is 0.497 e. The molecule has 9 nitrogen and oxygen atoms in total. The van der Waals surface area contributed by atoms with Crippen LogP contribution >= 0.6 is 11.3 Å². The second kappa shape index (κ2) is 12.1. The monoisotopic (exact) mass is 573 g/mol. The van der Waals surface area contributed by atoms with Crippen LogP contribution in [0.5, 0.6) is 11.5 Å². The topological polar surface area (TPSA) is 98.6 Å². The molecule has 0 spiro atoms. The molecule has 2 heterocycles. The molecule has 0 bridgehead atoms. The van der Waals surface area contributed by atoms with Crippen LogP contribution in [0.15, 0.2) is 60.0 Å². The van der Waals surface area contributed by atoms with Gasteiger partial charge in [0.05, 0.1) is 19.9 Å². The van der Waals surface area contributed by atoms with Crippen molar-refractivity contribution >= 4 is 28.8 Å². The lowest BCUT2D eigenvalue weighted by molar-refractivity contribution is -0.129. The fraction of sp³-hybridized carbons (Fsp3) is 0.355. The third-order valence-electron chi connectivity index (χ3n) is 7.61. The maximum absolute atomic E-state index is 14.4. The van der Waals surface area contributed by atoms with Crippen molar-refractivity contribution in [2.45, 2.75) is 58.0 Å². The number of aryl methyl sites for hydroxylation is 2. The number of thiazole rings is 1. The molecule has 41 heavy (non-hydrogen) atoms. The molecule has 1 aliphatic rings. The Morgan fingerprint density at radius 3 is 2.20 bits per heavy atom. The van der Waals surface area contributed by atoms with E-state index < -0.39 is 5.54 Å². The lowest BCUT2D eigenvalue weighted by Gasteiger charge is -2.45. The Balaban J connectivity index is 1.53. The van der Waals surface area contributed by atoms with Crippen LogP contribution in [0.4, 0.5) is 5.69 Å². The molecule has 2 aromatic heterocycles. The lowest BCUT2D eigenvalue weighted by Crippen LogP contribution is -2.59. The summed E-state index contributed by atoms with van der Waals surface area (Å²) in [6.45, 7) is 4.14. The molecule has 214 valence electrons. The minimum atomic E-state index is -1.04. The molecule has 0 saturated heterocycles. The summed E-state index contributed by atoms with van der Waals surface area (Å²) in [5, 5.41) is 9.99. The van der Waals surface area contributed by atoms with Crippen LogP contribution in [0.1, 0.15) is 59.5 Å². The van der Waals surface area contributed by atoms with Crippen molar-refractivity contribution in [2.24, 2.45) is 0 Å². The zero-order chi connectivity index (χ0) is 29.0. The second-order valence-corrected chi connectivity index (χ2v) is 11.2. The SMILES string of the molecule is COc1ccc(CN(C(=O)c2csc(-n3nc(C)cc3C)n2)C2(C(=O)Nc3ccc(OC)cc3)CCCCC2)cc1. The zero-order valence-corrected chi connectivity index (χ0v) is 24.7. The van der Waals surface area contributed by atoms with E-state index >= 15 is 0 Å². The van der Waals surface area contributed by atoms with Gasteiger partial charge < -0.3 is 19.7 Å². The maximum Gasteiger partial charge on any atom is 0.274 e. The molecule has 0 radical (unpaired) electrons. The van der Waals surface area contributed by atoms with Gasteiger partial charge >= 0.3 is 0 Å². The first-order valence-corrected chi connectivity index (χ1v) is 14.6. The summed E-state index contributed by atoms with van der Waals surface area (Å²) in [6.07, 6.45) is 3.82. The molecule has 2 aromatic carbocycles. The van der Waals surface area contributed by atoms with E-state index in [2.05, 4.69) is 10.4 Å². The predicted molar refractivity (Wildman–Crippen MR) is 159 cm³/mol. The standard InChI is InChI=1S/C31H35N5O4S/c1-21-18-22(2)36(34-21)30-33-27(20-41-30)28(37)35(19-23-8-12-25(39-3)13-9-23)31(16-6-5-7-17-31)29(38)32-24-10-14-26(40-4)15-11-24/h8-15,18,20H,5-7,16-17,19H2,1-4H3,(H,32,38). The Morgan fingerprint density at radius 1 is 0.976 bits per heavy atom. The molecule has 4 aromatic rings. The van der Waals surface area contributed by atoms with Gasteiger partial charge in [0.15, 0.2) is 0 Å². The number of carbonyl (C=O) groups is 2. The van der Waals surface area contributed by atoms with E-state index in [1.807, 2.05) is 56.3 Å². The van der Waals surface area contributed by atoms with Gasteiger partial charge in [-0.15, -0.1) is 11.3 Å². The molecule has 1 aliphatic carbocycles. The number of carbonyl (C=O) groups excluding carboxylic acids is 2. The molecule has 10 heteroatoms. The third-order valence-corrected chi connectivity index (χ3v) is 8.43. The average molecular weight is 574 g/mol. The van der Waals surface area contributed by atoms with Crippen molar-refractivity contribution in [3.8, 4) is 16.6 Å². The number of ether oxygens (including phenoxy) is 2. The van der Waals surface area contributed by atoms with Gasteiger partial charge in [-0.25, -0.2) is 9.67 Å².